The first-order valence-corrected chi connectivity index (χ1v) is 5.95. The van der Waals surface area contributed by atoms with Crippen LogP contribution >= 0.6 is 23.2 Å². The number of hydrogen-bond acceptors (Lipinski definition) is 4. The average Bonchev–Trinajstić information content (AvgIpc) is 2.38. The molecule has 98 valence electrons. The molecular formula is C13H8Cl2O4. The maximum Gasteiger partial charge on any atom is 0.330 e. The van der Waals surface area contributed by atoms with Gasteiger partial charge in [-0.1, -0.05) is 23.2 Å². The van der Waals surface area contributed by atoms with Crippen molar-refractivity contribution >= 4 is 46.2 Å². The standard InChI is InChI=1S/C13H8Cl2O4/c1-18-11(16)3-2-7-6-19-13-9(12(7)17)4-8(14)5-10(13)15/h2-6H,1H3/b3-2+. The quantitative estimate of drug-likeness (QED) is 0.630. The van der Waals surface area contributed by atoms with Crippen molar-refractivity contribution < 1.29 is 13.9 Å². The van der Waals surface area contributed by atoms with Gasteiger partial charge in [-0.3, -0.25) is 4.79 Å². The zero-order valence-corrected chi connectivity index (χ0v) is 11.3. The first-order valence-electron chi connectivity index (χ1n) is 5.19. The molecule has 0 radical (unpaired) electrons. The highest BCUT2D eigenvalue weighted by Crippen LogP contribution is 2.26. The van der Waals surface area contributed by atoms with Crippen LogP contribution in [0.1, 0.15) is 5.56 Å². The minimum absolute atomic E-state index is 0.205. The summed E-state index contributed by atoms with van der Waals surface area (Å²) < 4.78 is 9.72. The number of methoxy groups -OCH3 is 1. The van der Waals surface area contributed by atoms with Crippen molar-refractivity contribution in [1.29, 1.82) is 0 Å². The molecule has 0 N–H and O–H groups in total. The van der Waals surface area contributed by atoms with Gasteiger partial charge in [0.1, 0.15) is 6.26 Å². The van der Waals surface area contributed by atoms with Crippen LogP contribution in [0.5, 0.6) is 0 Å². The molecule has 1 aromatic heterocycles. The molecular weight excluding hydrogens is 291 g/mol. The summed E-state index contributed by atoms with van der Waals surface area (Å²) in [6, 6.07) is 2.95. The van der Waals surface area contributed by atoms with Crippen LogP contribution in [0.3, 0.4) is 0 Å². The van der Waals surface area contributed by atoms with Gasteiger partial charge in [-0.05, 0) is 18.2 Å². The second-order valence-corrected chi connectivity index (χ2v) is 4.48. The van der Waals surface area contributed by atoms with Crippen molar-refractivity contribution in [3.63, 3.8) is 0 Å². The van der Waals surface area contributed by atoms with Crippen molar-refractivity contribution in [3.8, 4) is 0 Å². The number of esters is 1. The Morgan fingerprint density at radius 2 is 2.11 bits per heavy atom. The zero-order valence-electron chi connectivity index (χ0n) is 9.78. The first kappa shape index (κ1) is 13.6. The number of ether oxygens (including phenoxy) is 1. The van der Waals surface area contributed by atoms with Crippen molar-refractivity contribution in [2.24, 2.45) is 0 Å². The Balaban J connectivity index is 2.61. The number of benzene rings is 1. The SMILES string of the molecule is COC(=O)/C=C/c1coc2c(Cl)cc(Cl)cc2c1=O. The van der Waals surface area contributed by atoms with Gasteiger partial charge in [-0.15, -0.1) is 0 Å². The number of hydrogen-bond donors (Lipinski definition) is 0. The van der Waals surface area contributed by atoms with E-state index < -0.39 is 5.97 Å². The lowest BCUT2D eigenvalue weighted by molar-refractivity contribution is -0.134. The number of carbonyl (C=O) groups is 1. The molecule has 6 heteroatoms. The normalized spacial score (nSPS) is 11.1. The summed E-state index contributed by atoms with van der Waals surface area (Å²) in [6.45, 7) is 0. The minimum atomic E-state index is -0.566. The van der Waals surface area contributed by atoms with Crippen LogP contribution in [-0.4, -0.2) is 13.1 Å². The van der Waals surface area contributed by atoms with Crippen molar-refractivity contribution in [3.05, 3.63) is 50.3 Å². The van der Waals surface area contributed by atoms with E-state index in [0.29, 0.717) is 5.02 Å². The van der Waals surface area contributed by atoms with Crippen molar-refractivity contribution in [2.45, 2.75) is 0 Å². The second kappa shape index (κ2) is 5.47. The van der Waals surface area contributed by atoms with E-state index in [9.17, 15) is 9.59 Å². The van der Waals surface area contributed by atoms with Gasteiger partial charge < -0.3 is 9.15 Å². The maximum atomic E-state index is 12.2. The predicted molar refractivity (Wildman–Crippen MR) is 73.6 cm³/mol. The van der Waals surface area contributed by atoms with Crippen LogP contribution in [0.4, 0.5) is 0 Å². The van der Waals surface area contributed by atoms with Gasteiger partial charge in [0.25, 0.3) is 0 Å². The van der Waals surface area contributed by atoms with Gasteiger partial charge in [0.2, 0.25) is 0 Å². The molecule has 0 bridgehead atoms. The molecule has 4 nitrogen and oxygen atoms in total. The maximum absolute atomic E-state index is 12.2. The lowest BCUT2D eigenvalue weighted by Gasteiger charge is -2.01. The fourth-order valence-corrected chi connectivity index (χ4v) is 2.06. The van der Waals surface area contributed by atoms with Crippen LogP contribution in [0.25, 0.3) is 17.0 Å². The smallest absolute Gasteiger partial charge is 0.330 e. The molecule has 0 saturated heterocycles. The summed E-state index contributed by atoms with van der Waals surface area (Å²) in [5.41, 5.74) is 0.133. The van der Waals surface area contributed by atoms with Crippen LogP contribution in [0.2, 0.25) is 10.0 Å². The Labute approximate surface area is 118 Å². The van der Waals surface area contributed by atoms with Crippen LogP contribution in [0, 0.1) is 0 Å². The van der Waals surface area contributed by atoms with Crippen molar-refractivity contribution in [1.82, 2.24) is 0 Å². The van der Waals surface area contributed by atoms with Crippen LogP contribution < -0.4 is 5.43 Å². The number of halogens is 2. The molecule has 19 heavy (non-hydrogen) atoms. The Hall–Kier alpha value is -1.78. The molecule has 0 unspecified atom stereocenters. The molecule has 1 aromatic carbocycles. The molecule has 0 amide bonds. The van der Waals surface area contributed by atoms with Gasteiger partial charge in [0.15, 0.2) is 11.0 Å². The zero-order chi connectivity index (χ0) is 14.0. The topological polar surface area (TPSA) is 56.5 Å². The highest BCUT2D eigenvalue weighted by Gasteiger charge is 2.10. The van der Waals surface area contributed by atoms with E-state index in [0.717, 1.165) is 6.08 Å². The fraction of sp³-hybridized carbons (Fsp3) is 0.0769. The summed E-state index contributed by atoms with van der Waals surface area (Å²) in [5, 5.41) is 0.839. The summed E-state index contributed by atoms with van der Waals surface area (Å²) in [5.74, 6) is -0.566. The van der Waals surface area contributed by atoms with E-state index in [1.807, 2.05) is 0 Å². The summed E-state index contributed by atoms with van der Waals surface area (Å²) in [6.07, 6.45) is 3.67. The van der Waals surface area contributed by atoms with Gasteiger partial charge in [0.05, 0.1) is 23.1 Å². The summed E-state index contributed by atoms with van der Waals surface area (Å²) >= 11 is 11.8. The molecule has 2 rings (SSSR count). The third-order valence-corrected chi connectivity index (χ3v) is 2.92. The lowest BCUT2D eigenvalue weighted by Crippen LogP contribution is -2.05. The fourth-order valence-electron chi connectivity index (χ4n) is 1.52. The van der Waals surface area contributed by atoms with E-state index in [4.69, 9.17) is 27.6 Å². The third kappa shape index (κ3) is 2.80. The lowest BCUT2D eigenvalue weighted by atomic mass is 10.1. The number of rotatable bonds is 2. The van der Waals surface area contributed by atoms with E-state index in [-0.39, 0.29) is 27.0 Å². The second-order valence-electron chi connectivity index (χ2n) is 3.64. The van der Waals surface area contributed by atoms with Gasteiger partial charge in [-0.25, -0.2) is 4.79 Å². The molecule has 1 heterocycles. The number of fused-ring (bicyclic) bond motifs is 1. The Morgan fingerprint density at radius 3 is 2.79 bits per heavy atom. The van der Waals surface area contributed by atoms with E-state index >= 15 is 0 Å². The highest BCUT2D eigenvalue weighted by molar-refractivity contribution is 6.38. The van der Waals surface area contributed by atoms with Crippen molar-refractivity contribution in [2.75, 3.05) is 7.11 Å². The van der Waals surface area contributed by atoms with Crippen LogP contribution in [0.15, 0.2) is 33.7 Å². The summed E-state index contributed by atoms with van der Waals surface area (Å²) in [4.78, 5) is 23.1. The Morgan fingerprint density at radius 1 is 1.37 bits per heavy atom. The largest absolute Gasteiger partial charge is 0.466 e. The third-order valence-electron chi connectivity index (χ3n) is 2.42. The minimum Gasteiger partial charge on any atom is -0.466 e. The van der Waals surface area contributed by atoms with E-state index in [2.05, 4.69) is 4.74 Å². The molecule has 0 spiro atoms. The molecule has 0 aliphatic carbocycles. The molecule has 0 fully saturated rings. The monoisotopic (exact) mass is 298 g/mol. The average molecular weight is 299 g/mol. The van der Waals surface area contributed by atoms with E-state index in [1.165, 1.54) is 31.6 Å². The van der Waals surface area contributed by atoms with Gasteiger partial charge in [-0.2, -0.15) is 0 Å². The summed E-state index contributed by atoms with van der Waals surface area (Å²) in [7, 11) is 1.25. The molecule has 0 atom stereocenters. The highest BCUT2D eigenvalue weighted by atomic mass is 35.5. The Bertz CT molecular complexity index is 731. The van der Waals surface area contributed by atoms with E-state index in [1.54, 1.807) is 0 Å². The molecule has 2 aromatic rings. The predicted octanol–water partition coefficient (Wildman–Crippen LogP) is 3.29. The number of carbonyl (C=O) groups excluding carboxylic acids is 1. The Kier molecular flexibility index (Phi) is 3.93. The first-order chi connectivity index (χ1) is 9.02. The van der Waals surface area contributed by atoms with Crippen LogP contribution in [-0.2, 0) is 9.53 Å². The van der Waals surface area contributed by atoms with Gasteiger partial charge >= 0.3 is 5.97 Å². The molecule has 0 aliphatic rings. The van der Waals surface area contributed by atoms with Gasteiger partial charge in [0, 0.05) is 11.1 Å². The molecule has 0 aliphatic heterocycles. The molecule has 0 saturated carbocycles.